The van der Waals surface area contributed by atoms with Crippen molar-refractivity contribution in [3.05, 3.63) is 254 Å². The van der Waals surface area contributed by atoms with Crippen molar-refractivity contribution in [2.45, 2.75) is 13.8 Å². The molecule has 14 rings (SSSR count). The third-order valence-electron chi connectivity index (χ3n) is 15.0. The molecule has 338 valence electrons. The van der Waals surface area contributed by atoms with Crippen molar-refractivity contribution in [3.63, 3.8) is 0 Å². The molecule has 0 spiro atoms. The molecule has 0 aliphatic heterocycles. The van der Waals surface area contributed by atoms with Gasteiger partial charge in [0.25, 0.3) is 0 Å². The number of rotatable bonds is 9. The highest BCUT2D eigenvalue weighted by molar-refractivity contribution is 6.20. The van der Waals surface area contributed by atoms with E-state index in [4.69, 9.17) is 4.98 Å². The molecule has 4 heteroatoms. The molecule has 0 amide bonds. The van der Waals surface area contributed by atoms with Gasteiger partial charge in [-0.25, -0.2) is 4.98 Å². The molecule has 12 aromatic rings. The molecule has 0 N–H and O–H groups in total. The van der Waals surface area contributed by atoms with Crippen LogP contribution in [0.15, 0.2) is 243 Å². The van der Waals surface area contributed by atoms with E-state index in [0.29, 0.717) is 0 Å². The molecular formula is C68H46N4. The highest BCUT2D eigenvalue weighted by Gasteiger charge is 2.26. The molecule has 0 fully saturated rings. The summed E-state index contributed by atoms with van der Waals surface area (Å²) in [6.45, 7) is 4.35. The van der Waals surface area contributed by atoms with Crippen molar-refractivity contribution in [2.75, 3.05) is 9.80 Å². The predicted molar refractivity (Wildman–Crippen MR) is 301 cm³/mol. The predicted octanol–water partition coefficient (Wildman–Crippen LogP) is 18.6. The average molecular weight is 919 g/mol. The number of aryl methyl sites for hydroxylation is 2. The normalized spacial score (nSPS) is 11.8. The second-order valence-electron chi connectivity index (χ2n) is 19.0. The first-order chi connectivity index (χ1) is 35.6. The standard InChI is InChI=1S/C68H46N4/c1-43-12-3-6-20-64(43)71(51-13-11-38-69-42-51)49-29-24-45(25-30-49)53-35-37-62-56-33-28-47(40-63(56)60-19-10-17-58(53)68(60)62)48-23-22-44(2)65(41-48)72(66-21-7-8-39-70-66)50-31-26-46(27-32-50)52-34-36-61-55-15-5-4-14-54(55)59-18-9-16-57(52)67(59)61/h3-42H,1-2H3. The van der Waals surface area contributed by atoms with E-state index in [1.807, 2.05) is 30.7 Å². The number of benzene rings is 10. The number of anilines is 6. The van der Waals surface area contributed by atoms with Crippen LogP contribution in [0.1, 0.15) is 11.1 Å². The molecule has 2 aliphatic rings. The lowest BCUT2D eigenvalue weighted by Gasteiger charge is -2.27. The van der Waals surface area contributed by atoms with Crippen molar-refractivity contribution in [3.8, 4) is 77.9 Å². The van der Waals surface area contributed by atoms with Gasteiger partial charge in [-0.1, -0.05) is 158 Å². The van der Waals surface area contributed by atoms with E-state index in [1.54, 1.807) is 0 Å². The average Bonchev–Trinajstić information content (AvgIpc) is 3.94. The maximum atomic E-state index is 4.93. The van der Waals surface area contributed by atoms with Crippen molar-refractivity contribution in [1.29, 1.82) is 0 Å². The second kappa shape index (κ2) is 16.6. The molecule has 0 saturated carbocycles. The van der Waals surface area contributed by atoms with Crippen LogP contribution in [-0.4, -0.2) is 9.97 Å². The van der Waals surface area contributed by atoms with E-state index in [-0.39, 0.29) is 0 Å². The number of nitrogens with zero attached hydrogens (tertiary/aromatic N) is 4. The molecule has 0 atom stereocenters. The van der Waals surface area contributed by atoms with Gasteiger partial charge in [0.15, 0.2) is 0 Å². The van der Waals surface area contributed by atoms with Crippen LogP contribution in [0, 0.1) is 13.8 Å². The Labute approximate surface area is 419 Å². The summed E-state index contributed by atoms with van der Waals surface area (Å²) in [5.74, 6) is 0.868. The van der Waals surface area contributed by atoms with E-state index >= 15 is 0 Å². The molecular weight excluding hydrogens is 873 g/mol. The zero-order chi connectivity index (χ0) is 47.9. The van der Waals surface area contributed by atoms with Gasteiger partial charge in [-0.2, -0.15) is 0 Å². The summed E-state index contributed by atoms with van der Waals surface area (Å²) in [6, 6.07) is 82.1. The Morgan fingerprint density at radius 1 is 0.306 bits per heavy atom. The van der Waals surface area contributed by atoms with Crippen LogP contribution in [0.5, 0.6) is 0 Å². The molecule has 0 bridgehead atoms. The van der Waals surface area contributed by atoms with Gasteiger partial charge in [0.2, 0.25) is 0 Å². The first-order valence-electron chi connectivity index (χ1n) is 24.7. The molecule has 0 radical (unpaired) electrons. The van der Waals surface area contributed by atoms with E-state index in [2.05, 4.69) is 241 Å². The Kier molecular flexibility index (Phi) is 9.62. The fraction of sp³-hybridized carbons (Fsp3) is 0.0294. The Morgan fingerprint density at radius 2 is 0.819 bits per heavy atom. The molecule has 2 aromatic heterocycles. The van der Waals surface area contributed by atoms with Crippen molar-refractivity contribution in [1.82, 2.24) is 9.97 Å². The molecule has 72 heavy (non-hydrogen) atoms. The van der Waals surface area contributed by atoms with Gasteiger partial charge in [-0.3, -0.25) is 9.88 Å². The summed E-state index contributed by atoms with van der Waals surface area (Å²) in [4.78, 5) is 14.0. The van der Waals surface area contributed by atoms with Crippen LogP contribution >= 0.6 is 0 Å². The molecule has 10 aromatic carbocycles. The lowest BCUT2D eigenvalue weighted by Crippen LogP contribution is -2.12. The quantitative estimate of drug-likeness (QED) is 0.144. The third-order valence-corrected chi connectivity index (χ3v) is 15.0. The number of hydrogen-bond acceptors (Lipinski definition) is 4. The summed E-state index contributed by atoms with van der Waals surface area (Å²) >= 11 is 0. The fourth-order valence-electron chi connectivity index (χ4n) is 11.6. The van der Waals surface area contributed by atoms with Crippen molar-refractivity contribution in [2.24, 2.45) is 0 Å². The van der Waals surface area contributed by atoms with Gasteiger partial charge >= 0.3 is 0 Å². The Bertz CT molecular complexity index is 4080. The maximum Gasteiger partial charge on any atom is 0.137 e. The number of pyridine rings is 2. The molecule has 0 unspecified atom stereocenters. The van der Waals surface area contributed by atoms with Gasteiger partial charge in [0.1, 0.15) is 5.82 Å². The van der Waals surface area contributed by atoms with E-state index < -0.39 is 0 Å². The maximum absolute atomic E-state index is 4.93. The minimum absolute atomic E-state index is 0.868. The van der Waals surface area contributed by atoms with Crippen molar-refractivity contribution >= 4 is 55.8 Å². The fourth-order valence-corrected chi connectivity index (χ4v) is 11.6. The highest BCUT2D eigenvalue weighted by atomic mass is 15.2. The van der Waals surface area contributed by atoms with Gasteiger partial charge < -0.3 is 4.90 Å². The van der Waals surface area contributed by atoms with Crippen LogP contribution in [0.25, 0.3) is 99.4 Å². The molecule has 2 aliphatic carbocycles. The Balaban J connectivity index is 0.804. The largest absolute Gasteiger partial charge is 0.309 e. The topological polar surface area (TPSA) is 32.3 Å². The van der Waals surface area contributed by atoms with Crippen LogP contribution in [0.3, 0.4) is 0 Å². The van der Waals surface area contributed by atoms with E-state index in [0.717, 1.165) is 39.8 Å². The van der Waals surface area contributed by atoms with Crippen molar-refractivity contribution < 1.29 is 0 Å². The van der Waals surface area contributed by atoms with Crippen LogP contribution in [0.2, 0.25) is 0 Å². The van der Waals surface area contributed by atoms with E-state index in [9.17, 15) is 0 Å². The number of hydrogen-bond donors (Lipinski definition) is 0. The van der Waals surface area contributed by atoms with E-state index in [1.165, 1.54) is 105 Å². The van der Waals surface area contributed by atoms with Crippen LogP contribution in [-0.2, 0) is 0 Å². The molecule has 2 heterocycles. The first kappa shape index (κ1) is 41.6. The van der Waals surface area contributed by atoms with Gasteiger partial charge in [0, 0.05) is 29.5 Å². The number of fused-ring (bicyclic) bond motifs is 6. The minimum atomic E-state index is 0.868. The minimum Gasteiger partial charge on any atom is -0.309 e. The zero-order valence-corrected chi connectivity index (χ0v) is 39.9. The number of para-hydroxylation sites is 1. The van der Waals surface area contributed by atoms with Gasteiger partial charge in [-0.05, 0) is 191 Å². The lowest BCUT2D eigenvalue weighted by molar-refractivity contribution is 1.17. The highest BCUT2D eigenvalue weighted by Crippen LogP contribution is 2.52. The van der Waals surface area contributed by atoms with Crippen LogP contribution < -0.4 is 9.80 Å². The summed E-state index contributed by atoms with van der Waals surface area (Å²) in [7, 11) is 0. The second-order valence-corrected chi connectivity index (χ2v) is 19.0. The summed E-state index contributed by atoms with van der Waals surface area (Å²) < 4.78 is 0. The molecule has 0 saturated heterocycles. The first-order valence-corrected chi connectivity index (χ1v) is 24.7. The summed E-state index contributed by atoms with van der Waals surface area (Å²) in [5, 5.41) is 5.18. The third kappa shape index (κ3) is 6.60. The van der Waals surface area contributed by atoms with Crippen LogP contribution in [0.4, 0.5) is 34.3 Å². The Hall–Kier alpha value is -9.38. The zero-order valence-electron chi connectivity index (χ0n) is 39.9. The van der Waals surface area contributed by atoms with Gasteiger partial charge in [-0.15, -0.1) is 0 Å². The SMILES string of the molecule is Cc1ccccc1N(c1ccc(-c2ccc3c4c(cccc24)-c2cc(-c4ccc(C)c(N(c5ccc(-c6ccc7c8c(cccc68)-c6ccccc6-7)cc5)c5ccccn5)c4)ccc2-3)cc1)c1cccnc1. The lowest BCUT2D eigenvalue weighted by atomic mass is 9.94. The monoisotopic (exact) mass is 918 g/mol. The molecule has 4 nitrogen and oxygen atoms in total. The Morgan fingerprint density at radius 3 is 1.46 bits per heavy atom. The van der Waals surface area contributed by atoms with Gasteiger partial charge in [0.05, 0.1) is 17.6 Å². The smallest absolute Gasteiger partial charge is 0.137 e. The summed E-state index contributed by atoms with van der Waals surface area (Å²) in [5.41, 5.74) is 25.2. The summed E-state index contributed by atoms with van der Waals surface area (Å²) in [6.07, 6.45) is 5.63. The number of aromatic nitrogens is 2.